The molecule has 0 bridgehead atoms. The molecule has 2 aromatic carbocycles. The maximum Gasteiger partial charge on any atom is 0.134 e. The average molecular weight is 501 g/mol. The molecule has 0 fully saturated rings. The number of fused-ring (bicyclic) bond motifs is 2. The van der Waals surface area contributed by atoms with Crippen molar-refractivity contribution in [1.82, 2.24) is 19.5 Å². The maximum atomic E-state index is 15.2. The number of nitrogens with two attached hydrogens (primary N) is 2. The summed E-state index contributed by atoms with van der Waals surface area (Å²) >= 11 is 6.38. The standard InChI is InChI=1S/C26H22ClFN8/c1-13(2)26-35-23-16(25(31)34-12-29)9-15(14-5-7-32-21(30)11-14)10-20(23)36(26)19-6-8-33-24-17(27)3-4-18(28)22(19)24/h3-13H,1-2H3,(H2,30,32)(H3,29,31,34). The SMILES string of the molecule is CC(C)c1nc2c(C(N)=NC=N)cc(-c3ccnc(N)c3)cc2n1-c1ccnc2c(Cl)ccc(F)c12. The lowest BCUT2D eigenvalue weighted by molar-refractivity contribution is 0.638. The maximum absolute atomic E-state index is 15.2. The molecule has 0 atom stereocenters. The van der Waals surface area contributed by atoms with Crippen molar-refractivity contribution in [1.29, 1.82) is 5.41 Å². The van der Waals surface area contributed by atoms with Crippen molar-refractivity contribution in [3.63, 3.8) is 0 Å². The van der Waals surface area contributed by atoms with E-state index in [0.717, 1.165) is 17.5 Å². The first-order valence-corrected chi connectivity index (χ1v) is 11.5. The molecule has 0 aliphatic heterocycles. The molecule has 0 radical (unpaired) electrons. The monoisotopic (exact) mass is 500 g/mol. The Kier molecular flexibility index (Phi) is 5.85. The second-order valence-electron chi connectivity index (χ2n) is 8.55. The van der Waals surface area contributed by atoms with Gasteiger partial charge in [-0.15, -0.1) is 0 Å². The highest BCUT2D eigenvalue weighted by atomic mass is 35.5. The summed E-state index contributed by atoms with van der Waals surface area (Å²) in [5.41, 5.74) is 16.5. The van der Waals surface area contributed by atoms with Crippen LogP contribution < -0.4 is 11.5 Å². The number of aromatic nitrogens is 4. The number of halogens is 2. The molecule has 3 aromatic heterocycles. The summed E-state index contributed by atoms with van der Waals surface area (Å²) in [6.45, 7) is 4.01. The van der Waals surface area contributed by atoms with Crippen LogP contribution >= 0.6 is 11.6 Å². The van der Waals surface area contributed by atoms with Gasteiger partial charge < -0.3 is 11.5 Å². The van der Waals surface area contributed by atoms with Crippen LogP contribution in [0.25, 0.3) is 38.8 Å². The molecule has 36 heavy (non-hydrogen) atoms. The summed E-state index contributed by atoms with van der Waals surface area (Å²) in [6, 6.07) is 11.9. The number of nitrogens with one attached hydrogen (secondary N) is 1. The van der Waals surface area contributed by atoms with Crippen LogP contribution in [0.5, 0.6) is 0 Å². The van der Waals surface area contributed by atoms with Gasteiger partial charge >= 0.3 is 0 Å². The zero-order chi connectivity index (χ0) is 25.6. The lowest BCUT2D eigenvalue weighted by atomic mass is 10.0. The van der Waals surface area contributed by atoms with Gasteiger partial charge in [0.05, 0.1) is 27.1 Å². The van der Waals surface area contributed by atoms with E-state index in [1.54, 1.807) is 24.5 Å². The second-order valence-corrected chi connectivity index (χ2v) is 8.95. The van der Waals surface area contributed by atoms with Crippen molar-refractivity contribution < 1.29 is 4.39 Å². The molecule has 8 nitrogen and oxygen atoms in total. The summed E-state index contributed by atoms with van der Waals surface area (Å²) in [6.07, 6.45) is 4.10. The third kappa shape index (κ3) is 3.83. The van der Waals surface area contributed by atoms with Crippen molar-refractivity contribution in [2.45, 2.75) is 19.8 Å². The van der Waals surface area contributed by atoms with E-state index in [0.29, 0.717) is 44.5 Å². The van der Waals surface area contributed by atoms with Gasteiger partial charge in [-0.25, -0.2) is 19.4 Å². The largest absolute Gasteiger partial charge is 0.384 e. The fraction of sp³-hybridized carbons (Fsp3) is 0.115. The Labute approximate surface area is 211 Å². The van der Waals surface area contributed by atoms with Crippen LogP contribution in [0.4, 0.5) is 10.2 Å². The van der Waals surface area contributed by atoms with Crippen LogP contribution in [0.1, 0.15) is 31.2 Å². The minimum atomic E-state index is -0.447. The highest BCUT2D eigenvalue weighted by Crippen LogP contribution is 2.36. The number of aliphatic imine (C=N–C) groups is 1. The number of imidazole rings is 1. The zero-order valence-corrected chi connectivity index (χ0v) is 20.3. The summed E-state index contributed by atoms with van der Waals surface area (Å²) < 4.78 is 17.1. The Morgan fingerprint density at radius 1 is 1.08 bits per heavy atom. The predicted octanol–water partition coefficient (Wildman–Crippen LogP) is 5.45. The van der Waals surface area contributed by atoms with E-state index in [-0.39, 0.29) is 17.1 Å². The van der Waals surface area contributed by atoms with Gasteiger partial charge in [0.2, 0.25) is 0 Å². The molecule has 0 saturated carbocycles. The molecule has 0 aliphatic rings. The number of benzene rings is 2. The van der Waals surface area contributed by atoms with Crippen LogP contribution in [0.2, 0.25) is 5.02 Å². The Bertz CT molecular complexity index is 1690. The molecule has 3 heterocycles. The van der Waals surface area contributed by atoms with Crippen LogP contribution in [0.15, 0.2) is 59.9 Å². The number of nitrogens with zero attached hydrogens (tertiary/aromatic N) is 5. The van der Waals surface area contributed by atoms with Crippen molar-refractivity contribution in [3.8, 4) is 16.8 Å². The average Bonchev–Trinajstić information content (AvgIpc) is 3.25. The van der Waals surface area contributed by atoms with E-state index >= 15 is 4.39 Å². The first-order valence-electron chi connectivity index (χ1n) is 11.1. The molecule has 0 unspecified atom stereocenters. The molecule has 0 aliphatic carbocycles. The lowest BCUT2D eigenvalue weighted by Gasteiger charge is -2.15. The van der Waals surface area contributed by atoms with Gasteiger partial charge in [0.1, 0.15) is 35.2 Å². The van der Waals surface area contributed by atoms with Crippen LogP contribution in [0, 0.1) is 11.2 Å². The number of pyridine rings is 2. The molecule has 0 saturated heterocycles. The van der Waals surface area contributed by atoms with Gasteiger partial charge in [-0.3, -0.25) is 15.0 Å². The quantitative estimate of drug-likeness (QED) is 0.218. The van der Waals surface area contributed by atoms with Crippen LogP contribution in [0.3, 0.4) is 0 Å². The molecule has 5 rings (SSSR count). The lowest BCUT2D eigenvalue weighted by Crippen LogP contribution is -2.14. The van der Waals surface area contributed by atoms with Gasteiger partial charge in [0.25, 0.3) is 0 Å². The van der Waals surface area contributed by atoms with E-state index in [1.165, 1.54) is 12.1 Å². The first kappa shape index (κ1) is 23.4. The van der Waals surface area contributed by atoms with Gasteiger partial charge in [-0.05, 0) is 53.6 Å². The van der Waals surface area contributed by atoms with Gasteiger partial charge in [0, 0.05) is 23.9 Å². The van der Waals surface area contributed by atoms with Gasteiger partial charge in [0.15, 0.2) is 0 Å². The smallest absolute Gasteiger partial charge is 0.134 e. The van der Waals surface area contributed by atoms with E-state index in [4.69, 9.17) is 33.5 Å². The Morgan fingerprint density at radius 2 is 1.86 bits per heavy atom. The van der Waals surface area contributed by atoms with E-state index in [9.17, 15) is 0 Å². The third-order valence-electron chi connectivity index (χ3n) is 5.91. The van der Waals surface area contributed by atoms with E-state index < -0.39 is 5.82 Å². The van der Waals surface area contributed by atoms with Crippen LogP contribution in [-0.4, -0.2) is 31.7 Å². The highest BCUT2D eigenvalue weighted by Gasteiger charge is 2.23. The molecule has 0 spiro atoms. The Balaban J connectivity index is 1.96. The summed E-state index contributed by atoms with van der Waals surface area (Å²) in [5.74, 6) is 0.706. The summed E-state index contributed by atoms with van der Waals surface area (Å²) in [5, 5.41) is 8.05. The van der Waals surface area contributed by atoms with Crippen molar-refractivity contribution >= 4 is 51.5 Å². The topological polar surface area (TPSA) is 132 Å². The van der Waals surface area contributed by atoms with Crippen molar-refractivity contribution in [2.75, 3.05) is 5.73 Å². The number of nitrogen functional groups attached to an aromatic ring is 1. The molecule has 10 heteroatoms. The number of hydrogen-bond acceptors (Lipinski definition) is 5. The van der Waals surface area contributed by atoms with E-state index in [2.05, 4.69) is 15.0 Å². The molecular formula is C26H22ClFN8. The summed E-state index contributed by atoms with van der Waals surface area (Å²) in [7, 11) is 0. The van der Waals surface area contributed by atoms with Crippen LogP contribution in [-0.2, 0) is 0 Å². The number of rotatable bonds is 5. The normalized spacial score (nSPS) is 12.1. The number of amidine groups is 1. The number of hydrogen-bond donors (Lipinski definition) is 3. The Hall–Kier alpha value is -4.37. The van der Waals surface area contributed by atoms with Gasteiger partial charge in [-0.1, -0.05) is 25.4 Å². The van der Waals surface area contributed by atoms with E-state index in [1.807, 2.05) is 36.6 Å². The van der Waals surface area contributed by atoms with Crippen molar-refractivity contribution in [2.24, 2.45) is 10.7 Å². The molecule has 180 valence electrons. The minimum Gasteiger partial charge on any atom is -0.384 e. The zero-order valence-electron chi connectivity index (χ0n) is 19.5. The fourth-order valence-corrected chi connectivity index (χ4v) is 4.53. The second kappa shape index (κ2) is 9.01. The first-order chi connectivity index (χ1) is 17.3. The molecular weight excluding hydrogens is 479 g/mol. The number of anilines is 1. The predicted molar refractivity (Wildman–Crippen MR) is 143 cm³/mol. The van der Waals surface area contributed by atoms with Gasteiger partial charge in [-0.2, -0.15) is 0 Å². The molecule has 5 aromatic rings. The Morgan fingerprint density at radius 3 is 2.58 bits per heavy atom. The fourth-order valence-electron chi connectivity index (χ4n) is 4.33. The van der Waals surface area contributed by atoms with Crippen molar-refractivity contribution in [3.05, 3.63) is 77.1 Å². The molecule has 5 N–H and O–H groups in total. The summed E-state index contributed by atoms with van der Waals surface area (Å²) in [4.78, 5) is 17.3. The highest BCUT2D eigenvalue weighted by molar-refractivity contribution is 6.35. The molecule has 0 amide bonds. The minimum absolute atomic E-state index is 0.0309. The third-order valence-corrected chi connectivity index (χ3v) is 6.21.